The number of carbonyl (C=O) groups excluding carboxylic acids is 1. The van der Waals surface area contributed by atoms with Crippen LogP contribution in [0.4, 0.5) is 0 Å². The molecule has 1 aromatic carbocycles. The second-order valence-electron chi connectivity index (χ2n) is 7.02. The molecule has 0 radical (unpaired) electrons. The molecule has 1 amide bonds. The maximum atomic E-state index is 12.3. The molecule has 0 saturated carbocycles. The van der Waals surface area contributed by atoms with Gasteiger partial charge in [0.25, 0.3) is 0 Å². The van der Waals surface area contributed by atoms with Gasteiger partial charge in [-0.05, 0) is 37.5 Å². The topological polar surface area (TPSA) is 62.7 Å². The summed E-state index contributed by atoms with van der Waals surface area (Å²) in [4.78, 5) is 20.3. The third kappa shape index (κ3) is 3.72. The molecule has 5 nitrogen and oxygen atoms in total. The van der Waals surface area contributed by atoms with Crippen LogP contribution in [-0.2, 0) is 24.2 Å². The van der Waals surface area contributed by atoms with Gasteiger partial charge >= 0.3 is 0 Å². The van der Waals surface area contributed by atoms with Crippen molar-refractivity contribution in [2.24, 2.45) is 0 Å². The number of hydrogen-bond donors (Lipinski definition) is 2. The molecule has 0 spiro atoms. The first-order valence-electron chi connectivity index (χ1n) is 9.23. The van der Waals surface area contributed by atoms with Crippen LogP contribution in [0, 0.1) is 6.92 Å². The second-order valence-corrected chi connectivity index (χ2v) is 7.02. The molecular weight excluding hydrogens is 324 g/mol. The molecule has 1 aliphatic rings. The predicted octanol–water partition coefficient (Wildman–Crippen LogP) is 3.25. The second kappa shape index (κ2) is 7.20. The lowest BCUT2D eigenvalue weighted by Crippen LogP contribution is -2.41. The summed E-state index contributed by atoms with van der Waals surface area (Å²) in [5.74, 6) is 1.25. The number of nitrogens with one attached hydrogen (secondary N) is 2. The monoisotopic (exact) mass is 348 g/mol. The number of amides is 1. The quantitative estimate of drug-likeness (QED) is 0.743. The van der Waals surface area contributed by atoms with E-state index < -0.39 is 0 Å². The summed E-state index contributed by atoms with van der Waals surface area (Å²) in [5, 5.41) is 3.18. The number of fused-ring (bicyclic) bond motifs is 1. The first-order chi connectivity index (χ1) is 12.7. The van der Waals surface area contributed by atoms with E-state index in [2.05, 4.69) is 50.3 Å². The number of benzene rings is 1. The Morgan fingerprint density at radius 2 is 2.12 bits per heavy atom. The summed E-state index contributed by atoms with van der Waals surface area (Å²) >= 11 is 0. The van der Waals surface area contributed by atoms with Crippen molar-refractivity contribution in [3.63, 3.8) is 0 Å². The summed E-state index contributed by atoms with van der Waals surface area (Å²) in [6, 6.07) is 14.6. The summed E-state index contributed by atoms with van der Waals surface area (Å²) in [6.45, 7) is 2.83. The predicted molar refractivity (Wildman–Crippen MR) is 102 cm³/mol. The molecule has 1 atom stereocenters. The number of imidazole rings is 1. The SMILES string of the molecule is Cc1cn2c(n1)CCC(NC(=O)CCc1ccc(-c3ccccc3)[nH]1)C2. The Hall–Kier alpha value is -2.82. The molecule has 0 aliphatic carbocycles. The van der Waals surface area contributed by atoms with E-state index >= 15 is 0 Å². The van der Waals surface area contributed by atoms with Gasteiger partial charge in [0.05, 0.1) is 5.69 Å². The van der Waals surface area contributed by atoms with Crippen molar-refractivity contribution in [1.29, 1.82) is 0 Å². The van der Waals surface area contributed by atoms with Crippen LogP contribution in [0.15, 0.2) is 48.7 Å². The van der Waals surface area contributed by atoms with Crippen LogP contribution >= 0.6 is 0 Å². The number of aromatic nitrogens is 3. The standard InChI is InChI=1S/C21H24N4O/c1-15-13-25-14-18(8-11-20(25)22-15)24-21(26)12-9-17-7-10-19(23-17)16-5-3-2-4-6-16/h2-7,10,13,18,23H,8-9,11-12,14H2,1H3,(H,24,26). The highest BCUT2D eigenvalue weighted by Gasteiger charge is 2.21. The van der Waals surface area contributed by atoms with E-state index in [-0.39, 0.29) is 11.9 Å². The van der Waals surface area contributed by atoms with E-state index in [1.165, 1.54) is 0 Å². The van der Waals surface area contributed by atoms with Crippen LogP contribution in [0.5, 0.6) is 0 Å². The highest BCUT2D eigenvalue weighted by atomic mass is 16.1. The van der Waals surface area contributed by atoms with E-state index in [0.717, 1.165) is 54.3 Å². The fourth-order valence-electron chi connectivity index (χ4n) is 3.62. The molecule has 3 aromatic rings. The number of rotatable bonds is 5. The maximum absolute atomic E-state index is 12.3. The van der Waals surface area contributed by atoms with Crippen molar-refractivity contribution >= 4 is 5.91 Å². The Kier molecular flexibility index (Phi) is 4.61. The zero-order valence-corrected chi connectivity index (χ0v) is 15.0. The highest BCUT2D eigenvalue weighted by molar-refractivity contribution is 5.76. The number of nitrogens with zero attached hydrogens (tertiary/aromatic N) is 2. The van der Waals surface area contributed by atoms with Crippen molar-refractivity contribution in [3.8, 4) is 11.3 Å². The molecular formula is C21H24N4O. The fourth-order valence-corrected chi connectivity index (χ4v) is 3.62. The van der Waals surface area contributed by atoms with Gasteiger partial charge in [-0.1, -0.05) is 30.3 Å². The normalized spacial score (nSPS) is 16.3. The lowest BCUT2D eigenvalue weighted by atomic mass is 10.1. The van der Waals surface area contributed by atoms with E-state index in [1.54, 1.807) is 0 Å². The fraction of sp³-hybridized carbons (Fsp3) is 0.333. The lowest BCUT2D eigenvalue weighted by Gasteiger charge is -2.24. The largest absolute Gasteiger partial charge is 0.358 e. The van der Waals surface area contributed by atoms with Crippen molar-refractivity contribution in [1.82, 2.24) is 19.9 Å². The van der Waals surface area contributed by atoms with Gasteiger partial charge in [0.2, 0.25) is 5.91 Å². The van der Waals surface area contributed by atoms with Crippen LogP contribution in [-0.4, -0.2) is 26.5 Å². The first-order valence-corrected chi connectivity index (χ1v) is 9.23. The van der Waals surface area contributed by atoms with Crippen LogP contribution in [0.2, 0.25) is 0 Å². The van der Waals surface area contributed by atoms with Crippen molar-refractivity contribution in [2.45, 2.75) is 45.2 Å². The summed E-state index contributed by atoms with van der Waals surface area (Å²) < 4.78 is 2.17. The highest BCUT2D eigenvalue weighted by Crippen LogP contribution is 2.19. The van der Waals surface area contributed by atoms with Gasteiger partial charge in [-0.3, -0.25) is 4.79 Å². The Bertz CT molecular complexity index is 894. The van der Waals surface area contributed by atoms with Gasteiger partial charge < -0.3 is 14.9 Å². The first kappa shape index (κ1) is 16.6. The zero-order valence-electron chi connectivity index (χ0n) is 15.0. The van der Waals surface area contributed by atoms with Crippen LogP contribution in [0.1, 0.15) is 30.1 Å². The maximum Gasteiger partial charge on any atom is 0.220 e. The number of hydrogen-bond acceptors (Lipinski definition) is 2. The number of carbonyl (C=O) groups is 1. The van der Waals surface area contributed by atoms with Crippen molar-refractivity contribution in [3.05, 3.63) is 65.9 Å². The summed E-state index contributed by atoms with van der Waals surface area (Å²) in [7, 11) is 0. The van der Waals surface area contributed by atoms with Crippen LogP contribution in [0.3, 0.4) is 0 Å². The molecule has 4 rings (SSSR count). The minimum atomic E-state index is 0.117. The molecule has 5 heteroatoms. The molecule has 0 fully saturated rings. The molecule has 2 aromatic heterocycles. The third-order valence-corrected chi connectivity index (χ3v) is 4.93. The van der Waals surface area contributed by atoms with Crippen LogP contribution < -0.4 is 5.32 Å². The smallest absolute Gasteiger partial charge is 0.220 e. The molecule has 0 saturated heterocycles. The van der Waals surface area contributed by atoms with Crippen molar-refractivity contribution < 1.29 is 4.79 Å². The third-order valence-electron chi connectivity index (χ3n) is 4.93. The van der Waals surface area contributed by atoms with E-state index in [9.17, 15) is 4.79 Å². The van der Waals surface area contributed by atoms with Crippen LogP contribution in [0.25, 0.3) is 11.3 Å². The Morgan fingerprint density at radius 3 is 2.96 bits per heavy atom. The van der Waals surface area contributed by atoms with E-state index in [1.807, 2.05) is 25.1 Å². The summed E-state index contributed by atoms with van der Waals surface area (Å²) in [6.07, 6.45) is 5.18. The van der Waals surface area contributed by atoms with E-state index in [0.29, 0.717) is 6.42 Å². The van der Waals surface area contributed by atoms with Gasteiger partial charge in [0, 0.05) is 43.0 Å². The van der Waals surface area contributed by atoms with E-state index in [4.69, 9.17) is 0 Å². The zero-order chi connectivity index (χ0) is 17.9. The average molecular weight is 348 g/mol. The molecule has 0 bridgehead atoms. The Labute approximate surface area is 153 Å². The van der Waals surface area contributed by atoms with Gasteiger partial charge in [0.1, 0.15) is 5.82 Å². The lowest BCUT2D eigenvalue weighted by molar-refractivity contribution is -0.122. The molecule has 134 valence electrons. The number of aryl methyl sites for hydroxylation is 3. The molecule has 3 heterocycles. The average Bonchev–Trinajstić information content (AvgIpc) is 3.26. The van der Waals surface area contributed by atoms with Crippen molar-refractivity contribution in [2.75, 3.05) is 0 Å². The summed E-state index contributed by atoms with van der Waals surface area (Å²) in [5.41, 5.74) is 4.40. The van der Waals surface area contributed by atoms with Gasteiger partial charge in [-0.25, -0.2) is 4.98 Å². The molecule has 26 heavy (non-hydrogen) atoms. The molecule has 1 aliphatic heterocycles. The Morgan fingerprint density at radius 1 is 1.27 bits per heavy atom. The van der Waals surface area contributed by atoms with Gasteiger partial charge in [-0.2, -0.15) is 0 Å². The minimum absolute atomic E-state index is 0.117. The molecule has 1 unspecified atom stereocenters. The Balaban J connectivity index is 1.29. The molecule has 2 N–H and O–H groups in total. The van der Waals surface area contributed by atoms with Gasteiger partial charge in [-0.15, -0.1) is 0 Å². The van der Waals surface area contributed by atoms with Gasteiger partial charge in [0.15, 0.2) is 0 Å². The minimum Gasteiger partial charge on any atom is -0.358 e. The number of H-pyrrole nitrogens is 1. The number of aromatic amines is 1.